The molecule has 0 aliphatic carbocycles. The predicted octanol–water partition coefficient (Wildman–Crippen LogP) is -0.705. The van der Waals surface area contributed by atoms with E-state index >= 15 is 14.4 Å². The zero-order valence-electron chi connectivity index (χ0n) is 54.0. The van der Waals surface area contributed by atoms with Crippen LogP contribution in [0.5, 0.6) is 5.75 Å². The van der Waals surface area contributed by atoms with Gasteiger partial charge in [0, 0.05) is 115 Å². The number of likely N-dealkylation sites (tertiary alicyclic amines) is 1. The largest absolute Gasteiger partial charge is 0.508 e. The molecule has 18 N–H and O–H groups in total. The van der Waals surface area contributed by atoms with Crippen molar-refractivity contribution in [3.63, 3.8) is 0 Å². The molecule has 11 amide bonds. The highest BCUT2D eigenvalue weighted by molar-refractivity contribution is 6.00. The van der Waals surface area contributed by atoms with Gasteiger partial charge in [0.15, 0.2) is 0 Å². The van der Waals surface area contributed by atoms with Gasteiger partial charge in [-0.25, -0.2) is 9.97 Å². The minimum absolute atomic E-state index is 0.0619. The van der Waals surface area contributed by atoms with E-state index in [0.717, 1.165) is 0 Å². The number of para-hydroxylation sites is 3. The Bertz CT molecular complexity index is 4450. The van der Waals surface area contributed by atoms with E-state index in [2.05, 4.69) is 82.7 Å². The number of phenols is 1. The normalized spacial score (nSPS) is 16.4. The fourth-order valence-corrected chi connectivity index (χ4v) is 12.6. The van der Waals surface area contributed by atoms with Crippen LogP contribution in [0.4, 0.5) is 0 Å². The summed E-state index contributed by atoms with van der Waals surface area (Å²) in [5.74, 6) is -8.69. The van der Waals surface area contributed by atoms with E-state index in [1.807, 2.05) is 30.3 Å². The Balaban J connectivity index is 0.868. The number of imidazole rings is 2. The number of rotatable bonds is 31. The van der Waals surface area contributed by atoms with Crippen LogP contribution >= 0.6 is 0 Å². The number of phenolic OH excluding ortho intramolecular Hbond substituents is 1. The number of nitrogens with one attached hydrogen (secondary N) is 14. The van der Waals surface area contributed by atoms with Crippen molar-refractivity contribution in [3.05, 3.63) is 174 Å². The van der Waals surface area contributed by atoms with Gasteiger partial charge in [0.25, 0.3) is 0 Å². The third-order valence-corrected chi connectivity index (χ3v) is 17.8. The summed E-state index contributed by atoms with van der Waals surface area (Å²) < 4.78 is 0. The number of nitrogens with zero attached hydrogens (tertiary/aromatic N) is 3. The smallest absolute Gasteiger partial charge is 0.246 e. The van der Waals surface area contributed by atoms with E-state index in [1.165, 1.54) is 42.1 Å². The number of H-pyrrole nitrogens is 5. The number of aliphatic hydroxyl groups excluding tert-OH is 1. The molecule has 2 aliphatic rings. The summed E-state index contributed by atoms with van der Waals surface area (Å²) in [5.41, 5.74) is 10.3. The number of aromatic amines is 5. The van der Waals surface area contributed by atoms with Crippen LogP contribution in [0.2, 0.25) is 0 Å². The zero-order valence-corrected chi connectivity index (χ0v) is 54.0. The highest BCUT2D eigenvalue weighted by Gasteiger charge is 2.41. The third kappa shape index (κ3) is 17.1. The molecule has 2 aliphatic heterocycles. The van der Waals surface area contributed by atoms with Crippen LogP contribution < -0.4 is 53.6 Å². The van der Waals surface area contributed by atoms with Crippen molar-refractivity contribution in [3.8, 4) is 5.75 Å². The lowest BCUT2D eigenvalue weighted by Gasteiger charge is -2.30. The first-order valence-corrected chi connectivity index (χ1v) is 32.6. The van der Waals surface area contributed by atoms with Crippen molar-refractivity contribution in [2.24, 2.45) is 5.73 Å². The predicted molar refractivity (Wildman–Crippen MR) is 361 cm³/mol. The molecular formula is C69H76N18O13. The van der Waals surface area contributed by atoms with E-state index in [4.69, 9.17) is 5.73 Å². The van der Waals surface area contributed by atoms with Gasteiger partial charge in [-0.05, 0) is 71.8 Å². The molecule has 100 heavy (non-hydrogen) atoms. The first kappa shape index (κ1) is 69.2. The average molecular weight is 1370 g/mol. The van der Waals surface area contributed by atoms with E-state index in [9.17, 15) is 48.6 Å². The first-order valence-electron chi connectivity index (χ1n) is 32.6. The molecule has 4 aromatic carbocycles. The van der Waals surface area contributed by atoms with E-state index in [0.29, 0.717) is 67.1 Å². The summed E-state index contributed by atoms with van der Waals surface area (Å²) in [6.45, 7) is -1.39. The molecule has 31 nitrogen and oxygen atoms in total. The second-order valence-corrected chi connectivity index (χ2v) is 24.7. The average Bonchev–Trinajstić information content (AvgIpc) is 1.59. The van der Waals surface area contributed by atoms with E-state index < -0.39 is 127 Å². The Morgan fingerprint density at radius 3 is 1.37 bits per heavy atom. The number of fused-ring (bicyclic) bond motifs is 3. The van der Waals surface area contributed by atoms with Gasteiger partial charge in [-0.3, -0.25) is 52.7 Å². The lowest BCUT2D eigenvalue weighted by molar-refractivity contribution is -0.142. The Morgan fingerprint density at radius 1 is 0.510 bits per heavy atom. The quantitative estimate of drug-likeness (QED) is 0.0255. The van der Waals surface area contributed by atoms with Crippen molar-refractivity contribution in [2.75, 3.05) is 19.7 Å². The molecule has 7 heterocycles. The van der Waals surface area contributed by atoms with Gasteiger partial charge in [0.2, 0.25) is 65.0 Å². The number of carbonyl (C=O) groups excluding carboxylic acids is 11. The number of primary amides is 1. The van der Waals surface area contributed by atoms with Crippen LogP contribution in [0.3, 0.4) is 0 Å². The maximum absolute atomic E-state index is 15.5. The molecule has 0 bridgehead atoms. The molecule has 0 saturated carbocycles. The second kappa shape index (κ2) is 31.8. The highest BCUT2D eigenvalue weighted by Crippen LogP contribution is 2.25. The number of aromatic hydroxyl groups is 1. The van der Waals surface area contributed by atoms with Gasteiger partial charge in [-0.2, -0.15) is 0 Å². The van der Waals surface area contributed by atoms with Crippen LogP contribution in [0.15, 0.2) is 141 Å². The lowest BCUT2D eigenvalue weighted by atomic mass is 9.99. The monoisotopic (exact) mass is 1360 g/mol. The number of carbonyl (C=O) groups is 11. The van der Waals surface area contributed by atoms with Gasteiger partial charge >= 0.3 is 0 Å². The SMILES string of the molecule is NC(=O)CNC(=O)[C@@H]1CCCN1C(=O)[C@H](Cc1ccc(O)cc1)NC(=O)[C@H](Cc1c[nH]c2ccccc12)NC(=O)[C@@H](Cc1c[nH]c2ccccc12)NC(=O)[C@H](Cc1c[nH]cn1)NC(=O)[C@H](CO)NC(=O)[C@H](Cc1c[nH]c2ccccc12)NC(=O)[C@H](Cc1c[nH]cn1)NC(=O)[C@@H]1CCC(=O)N1. The maximum Gasteiger partial charge on any atom is 0.246 e. The number of nitrogens with two attached hydrogens (primary N) is 1. The molecule has 0 radical (unpaired) electrons. The topological polar surface area (TPSA) is 470 Å². The molecule has 9 aromatic rings. The molecule has 11 rings (SSSR count). The summed E-state index contributed by atoms with van der Waals surface area (Å²) in [7, 11) is 0. The molecular weight excluding hydrogens is 1290 g/mol. The van der Waals surface area contributed by atoms with Gasteiger partial charge in [-0.15, -0.1) is 0 Å². The van der Waals surface area contributed by atoms with Crippen molar-refractivity contribution in [1.82, 2.24) is 87.6 Å². The van der Waals surface area contributed by atoms with Crippen molar-refractivity contribution < 1.29 is 63.0 Å². The number of amides is 11. The van der Waals surface area contributed by atoms with Crippen LogP contribution in [-0.2, 0) is 91.3 Å². The summed E-state index contributed by atoms with van der Waals surface area (Å²) in [6, 6.07) is 14.9. The first-order chi connectivity index (χ1) is 48.3. The van der Waals surface area contributed by atoms with Crippen LogP contribution in [0.25, 0.3) is 32.7 Å². The highest BCUT2D eigenvalue weighted by atomic mass is 16.3. The second-order valence-electron chi connectivity index (χ2n) is 24.7. The molecule has 31 heteroatoms. The maximum atomic E-state index is 15.5. The molecule has 5 aromatic heterocycles. The molecule has 0 spiro atoms. The fourth-order valence-electron chi connectivity index (χ4n) is 12.6. The Hall–Kier alpha value is -12.2. The Labute approximate surface area is 570 Å². The number of hydrogen-bond donors (Lipinski definition) is 17. The molecule has 9 atom stereocenters. The number of hydrogen-bond acceptors (Lipinski definition) is 15. The van der Waals surface area contributed by atoms with Crippen molar-refractivity contribution >= 4 is 97.7 Å². The van der Waals surface area contributed by atoms with Gasteiger partial charge < -0.3 is 93.6 Å². The van der Waals surface area contributed by atoms with E-state index in [-0.39, 0.29) is 81.7 Å². The minimum atomic E-state index is -1.80. The van der Waals surface area contributed by atoms with E-state index in [1.54, 1.807) is 73.2 Å². The molecule has 520 valence electrons. The van der Waals surface area contributed by atoms with Crippen LogP contribution in [-0.4, -0.2) is 189 Å². The number of aliphatic hydroxyl groups is 1. The van der Waals surface area contributed by atoms with Crippen molar-refractivity contribution in [1.29, 1.82) is 0 Å². The summed E-state index contributed by atoms with van der Waals surface area (Å²) >= 11 is 0. The lowest BCUT2D eigenvalue weighted by Crippen LogP contribution is -2.62. The molecule has 2 saturated heterocycles. The minimum Gasteiger partial charge on any atom is -0.508 e. The Morgan fingerprint density at radius 2 is 0.940 bits per heavy atom. The Kier molecular flexibility index (Phi) is 22.0. The summed E-state index contributed by atoms with van der Waals surface area (Å²) in [5, 5.41) is 47.4. The van der Waals surface area contributed by atoms with Gasteiger partial charge in [-0.1, -0.05) is 66.7 Å². The fraction of sp³-hybridized carbons (Fsp3) is 0.319. The molecule has 0 unspecified atom stereocenters. The third-order valence-electron chi connectivity index (χ3n) is 17.8. The summed E-state index contributed by atoms with van der Waals surface area (Å²) in [6.07, 6.45) is 10.4. The van der Waals surface area contributed by atoms with Crippen LogP contribution in [0, 0.1) is 0 Å². The van der Waals surface area contributed by atoms with Gasteiger partial charge in [0.1, 0.15) is 60.1 Å². The number of aromatic nitrogens is 7. The van der Waals surface area contributed by atoms with Crippen LogP contribution in [0.1, 0.15) is 59.3 Å². The summed E-state index contributed by atoms with van der Waals surface area (Å²) in [4.78, 5) is 181. The van der Waals surface area contributed by atoms with Crippen molar-refractivity contribution in [2.45, 2.75) is 119 Å². The number of benzene rings is 4. The van der Waals surface area contributed by atoms with Gasteiger partial charge in [0.05, 0.1) is 37.2 Å². The molecule has 2 fully saturated rings. The zero-order chi connectivity index (χ0) is 70.4. The standard InChI is InChI=1S/C69H76N18O13/c70-59(90)33-76-68(99)58-14-7-21-87(58)69(100)56(22-37-15-17-43(89)18-16-37)85-63(94)52(24-39-29-74-48-12-5-2-9-45(39)48)80-62(93)51(23-38-28-73-47-11-4-1-8-44(38)47)81-66(97)55(27-42-32-72-36-78-42)84-67(98)57(34-88)86-64(95)53(25-40-30-75-49-13-6-3-10-46(40)49)82-65(96)54(26-41-31-71-35-77-41)83-61(92)50-19-20-60(91)79-50/h1-6,8-13,15-18,28-32,35-36,50-58,73-75,88-89H,7,14,19-27,33-34H2,(H2,70,90)(H,71,77)(H,72,78)(H,76,99)(H,79,91)(H,80,93)(H,81,97)(H,82,96)(H,83,92)(H,84,98)(H,85,94)(H,86,95)/t50-,51+,52-,53-,54-,55-,56-,57-,58-/m0/s1.